The Hall–Kier alpha value is -1.02. The maximum absolute atomic E-state index is 5.46. The van der Waals surface area contributed by atoms with E-state index in [1.54, 1.807) is 14.2 Å². The van der Waals surface area contributed by atoms with Crippen LogP contribution in [0.2, 0.25) is 0 Å². The van der Waals surface area contributed by atoms with E-state index in [2.05, 4.69) is 12.1 Å². The van der Waals surface area contributed by atoms with Crippen molar-refractivity contribution in [2.75, 3.05) is 14.2 Å². The molecule has 0 radical (unpaired) electrons. The first kappa shape index (κ1) is 9.53. The molecule has 0 bridgehead atoms. The van der Waals surface area contributed by atoms with Crippen LogP contribution < -0.4 is 4.74 Å². The number of aryl methyl sites for hydroxylation is 1. The van der Waals surface area contributed by atoms with Gasteiger partial charge in [-0.3, -0.25) is 0 Å². The summed E-state index contributed by atoms with van der Waals surface area (Å²) < 4.78 is 10.7. The molecule has 1 aliphatic carbocycles. The molecule has 1 atom stereocenters. The molecule has 0 saturated heterocycles. The lowest BCUT2D eigenvalue weighted by Crippen LogP contribution is -2.11. The minimum Gasteiger partial charge on any atom is -0.497 e. The Balaban J connectivity index is 2.38. The van der Waals surface area contributed by atoms with Crippen molar-refractivity contribution >= 4 is 0 Å². The van der Waals surface area contributed by atoms with Gasteiger partial charge in [0.1, 0.15) is 5.75 Å². The van der Waals surface area contributed by atoms with Gasteiger partial charge in [-0.05, 0) is 42.5 Å². The number of ether oxygens (including phenoxy) is 2. The highest BCUT2D eigenvalue weighted by Gasteiger charge is 2.19. The Bertz CT molecular complexity index is 320. The van der Waals surface area contributed by atoms with Gasteiger partial charge < -0.3 is 9.47 Å². The smallest absolute Gasteiger partial charge is 0.119 e. The van der Waals surface area contributed by atoms with Crippen LogP contribution in [-0.2, 0) is 11.2 Å². The average molecular weight is 192 g/mol. The number of rotatable bonds is 2. The van der Waals surface area contributed by atoms with E-state index in [1.807, 2.05) is 6.07 Å². The fourth-order valence-electron chi connectivity index (χ4n) is 2.11. The standard InChI is InChI=1S/C12H16O2/c1-13-10-7-6-9-4-3-5-12(14-2)11(9)8-10/h6-8,12H,3-5H2,1-2H3. The molecule has 1 aliphatic rings. The van der Waals surface area contributed by atoms with E-state index in [-0.39, 0.29) is 6.10 Å². The zero-order valence-electron chi connectivity index (χ0n) is 8.75. The van der Waals surface area contributed by atoms with E-state index < -0.39 is 0 Å². The van der Waals surface area contributed by atoms with Crippen molar-refractivity contribution in [1.29, 1.82) is 0 Å². The van der Waals surface area contributed by atoms with Gasteiger partial charge in [0, 0.05) is 7.11 Å². The monoisotopic (exact) mass is 192 g/mol. The SMILES string of the molecule is COc1ccc2c(c1)C(OC)CCC2. The second-order valence-electron chi connectivity index (χ2n) is 3.68. The fourth-order valence-corrected chi connectivity index (χ4v) is 2.11. The van der Waals surface area contributed by atoms with E-state index in [9.17, 15) is 0 Å². The Labute approximate surface area is 84.8 Å². The molecular formula is C12H16O2. The van der Waals surface area contributed by atoms with Crippen LogP contribution in [0.4, 0.5) is 0 Å². The van der Waals surface area contributed by atoms with Crippen molar-refractivity contribution in [1.82, 2.24) is 0 Å². The largest absolute Gasteiger partial charge is 0.497 e. The molecular weight excluding hydrogens is 176 g/mol. The van der Waals surface area contributed by atoms with Crippen LogP contribution in [-0.4, -0.2) is 14.2 Å². The van der Waals surface area contributed by atoms with Crippen LogP contribution >= 0.6 is 0 Å². The molecule has 76 valence electrons. The first-order valence-electron chi connectivity index (χ1n) is 5.04. The first-order chi connectivity index (χ1) is 6.85. The molecule has 2 rings (SSSR count). The van der Waals surface area contributed by atoms with Crippen molar-refractivity contribution < 1.29 is 9.47 Å². The number of benzene rings is 1. The Kier molecular flexibility index (Phi) is 2.73. The molecule has 1 aromatic rings. The number of methoxy groups -OCH3 is 2. The molecule has 0 aliphatic heterocycles. The maximum Gasteiger partial charge on any atom is 0.119 e. The zero-order valence-corrected chi connectivity index (χ0v) is 8.75. The molecule has 1 aromatic carbocycles. The average Bonchev–Trinajstić information content (AvgIpc) is 2.27. The van der Waals surface area contributed by atoms with Crippen LogP contribution in [0.15, 0.2) is 18.2 Å². The summed E-state index contributed by atoms with van der Waals surface area (Å²) >= 11 is 0. The van der Waals surface area contributed by atoms with Gasteiger partial charge in [-0.25, -0.2) is 0 Å². The van der Waals surface area contributed by atoms with Crippen molar-refractivity contribution in [3.05, 3.63) is 29.3 Å². The second kappa shape index (κ2) is 4.01. The van der Waals surface area contributed by atoms with Crippen LogP contribution in [0.25, 0.3) is 0 Å². The van der Waals surface area contributed by atoms with E-state index in [4.69, 9.17) is 9.47 Å². The molecule has 0 N–H and O–H groups in total. The normalized spacial score (nSPS) is 20.3. The lowest BCUT2D eigenvalue weighted by molar-refractivity contribution is 0.0879. The summed E-state index contributed by atoms with van der Waals surface area (Å²) in [5.74, 6) is 0.924. The molecule has 0 heterocycles. The van der Waals surface area contributed by atoms with Gasteiger partial charge in [0.25, 0.3) is 0 Å². The summed E-state index contributed by atoms with van der Waals surface area (Å²) in [6, 6.07) is 6.28. The third-order valence-corrected chi connectivity index (χ3v) is 2.90. The van der Waals surface area contributed by atoms with Gasteiger partial charge in [0.2, 0.25) is 0 Å². The van der Waals surface area contributed by atoms with Crippen molar-refractivity contribution in [3.63, 3.8) is 0 Å². The quantitative estimate of drug-likeness (QED) is 0.717. The summed E-state index contributed by atoms with van der Waals surface area (Å²) in [6.45, 7) is 0. The van der Waals surface area contributed by atoms with E-state index in [0.717, 1.165) is 12.2 Å². The lowest BCUT2D eigenvalue weighted by atomic mass is 9.89. The molecule has 0 aromatic heterocycles. The summed E-state index contributed by atoms with van der Waals surface area (Å²) in [5.41, 5.74) is 2.71. The van der Waals surface area contributed by atoms with Gasteiger partial charge in [0.05, 0.1) is 13.2 Å². The molecule has 0 saturated carbocycles. The van der Waals surface area contributed by atoms with Gasteiger partial charge in [0.15, 0.2) is 0 Å². The topological polar surface area (TPSA) is 18.5 Å². The highest BCUT2D eigenvalue weighted by molar-refractivity contribution is 5.38. The summed E-state index contributed by atoms with van der Waals surface area (Å²) in [6.07, 6.45) is 3.77. The van der Waals surface area contributed by atoms with Crippen molar-refractivity contribution in [2.45, 2.75) is 25.4 Å². The summed E-state index contributed by atoms with van der Waals surface area (Å²) in [5, 5.41) is 0. The Morgan fingerprint density at radius 1 is 1.29 bits per heavy atom. The fraction of sp³-hybridized carbons (Fsp3) is 0.500. The van der Waals surface area contributed by atoms with Gasteiger partial charge in [-0.2, -0.15) is 0 Å². The Morgan fingerprint density at radius 3 is 2.86 bits per heavy atom. The van der Waals surface area contributed by atoms with Gasteiger partial charge in [-0.15, -0.1) is 0 Å². The second-order valence-corrected chi connectivity index (χ2v) is 3.68. The zero-order chi connectivity index (χ0) is 9.97. The molecule has 0 fully saturated rings. The van der Waals surface area contributed by atoms with Gasteiger partial charge in [-0.1, -0.05) is 6.07 Å². The van der Waals surface area contributed by atoms with E-state index >= 15 is 0 Å². The minimum atomic E-state index is 0.258. The van der Waals surface area contributed by atoms with Gasteiger partial charge >= 0.3 is 0 Å². The van der Waals surface area contributed by atoms with Crippen LogP contribution in [0, 0.1) is 0 Å². The third-order valence-electron chi connectivity index (χ3n) is 2.90. The third kappa shape index (κ3) is 1.62. The Morgan fingerprint density at radius 2 is 2.14 bits per heavy atom. The first-order valence-corrected chi connectivity index (χ1v) is 5.04. The number of hydrogen-bond acceptors (Lipinski definition) is 2. The molecule has 2 nitrogen and oxygen atoms in total. The molecule has 2 heteroatoms. The van der Waals surface area contributed by atoms with Crippen LogP contribution in [0.5, 0.6) is 5.75 Å². The predicted octanol–water partition coefficient (Wildman–Crippen LogP) is 2.72. The summed E-state index contributed by atoms with van der Waals surface area (Å²) in [4.78, 5) is 0. The number of fused-ring (bicyclic) bond motifs is 1. The highest BCUT2D eigenvalue weighted by atomic mass is 16.5. The molecule has 14 heavy (non-hydrogen) atoms. The maximum atomic E-state index is 5.46. The number of hydrogen-bond donors (Lipinski definition) is 0. The van der Waals surface area contributed by atoms with E-state index in [0.29, 0.717) is 0 Å². The highest BCUT2D eigenvalue weighted by Crippen LogP contribution is 2.34. The van der Waals surface area contributed by atoms with Crippen LogP contribution in [0.3, 0.4) is 0 Å². The molecule has 0 amide bonds. The minimum absolute atomic E-state index is 0.258. The predicted molar refractivity (Wildman–Crippen MR) is 55.7 cm³/mol. The molecule has 0 spiro atoms. The van der Waals surface area contributed by atoms with Crippen LogP contribution in [0.1, 0.15) is 30.1 Å². The van der Waals surface area contributed by atoms with E-state index in [1.165, 1.54) is 24.0 Å². The van der Waals surface area contributed by atoms with Crippen molar-refractivity contribution in [2.24, 2.45) is 0 Å². The van der Waals surface area contributed by atoms with Crippen molar-refractivity contribution in [3.8, 4) is 5.75 Å². The lowest BCUT2D eigenvalue weighted by Gasteiger charge is -2.24. The summed E-state index contributed by atoms with van der Waals surface area (Å²) in [7, 11) is 3.48. The molecule has 1 unspecified atom stereocenters.